The molecule has 0 saturated carbocycles. The molecule has 0 rings (SSSR count). The molecule has 4 nitrogen and oxygen atoms in total. The van der Waals surface area contributed by atoms with Crippen LogP contribution in [0.1, 0.15) is 33.6 Å². The average molecular weight is 239 g/mol. The van der Waals surface area contributed by atoms with Gasteiger partial charge in [-0.2, -0.15) is 0 Å². The number of hydrogen-bond donors (Lipinski definition) is 1. The van der Waals surface area contributed by atoms with Gasteiger partial charge in [0.1, 0.15) is 5.60 Å². The van der Waals surface area contributed by atoms with Crippen LogP contribution in [0.2, 0.25) is 0 Å². The van der Waals surface area contributed by atoms with E-state index in [9.17, 15) is 9.36 Å². The van der Waals surface area contributed by atoms with Crippen LogP contribution < -0.4 is 0 Å². The predicted octanol–water partition coefficient (Wildman–Crippen LogP) is 2.49. The highest BCUT2D eigenvalue weighted by Gasteiger charge is 2.37. The van der Waals surface area contributed by atoms with Gasteiger partial charge in [0.05, 0.1) is 0 Å². The summed E-state index contributed by atoms with van der Waals surface area (Å²) in [5.74, 6) is 0.428. The maximum Gasteiger partial charge on any atom is 0.695 e. The van der Waals surface area contributed by atoms with Gasteiger partial charge >= 0.3 is 8.25 Å². The van der Waals surface area contributed by atoms with Gasteiger partial charge in [0.25, 0.3) is 0 Å². The molecule has 0 spiro atoms. The minimum absolute atomic E-state index is 0.00644. The summed E-state index contributed by atoms with van der Waals surface area (Å²) in [5, 5.41) is -0.00644. The Kier molecular flexibility index (Phi) is 6.53. The molecule has 0 radical (unpaired) electrons. The zero-order valence-corrected chi connectivity index (χ0v) is 10.4. The molecule has 0 fully saturated rings. The van der Waals surface area contributed by atoms with Crippen molar-refractivity contribution < 1.29 is 18.8 Å². The molecule has 6 heteroatoms. The van der Waals surface area contributed by atoms with E-state index in [1.54, 1.807) is 0 Å². The molecule has 0 heterocycles. The van der Waals surface area contributed by atoms with E-state index in [1.165, 1.54) is 6.92 Å². The molecule has 0 aromatic rings. The molecule has 82 valence electrons. The second-order valence-corrected chi connectivity index (χ2v) is 4.81. The molecule has 1 atom stereocenters. The second kappa shape index (κ2) is 6.51. The van der Waals surface area contributed by atoms with Crippen molar-refractivity contribution in [1.29, 1.82) is 0 Å². The van der Waals surface area contributed by atoms with Gasteiger partial charge < -0.3 is 0 Å². The Labute approximate surface area is 89.4 Å². The Balaban J connectivity index is 4.36. The highest BCUT2D eigenvalue weighted by molar-refractivity contribution is 8.13. The zero-order chi connectivity index (χ0) is 11.2. The van der Waals surface area contributed by atoms with Gasteiger partial charge in [-0.1, -0.05) is 25.6 Å². The summed E-state index contributed by atoms with van der Waals surface area (Å²) >= 11 is 1.13. The molecular formula is C8H16O4PS+. The normalized spacial score (nSPS) is 12.7. The Morgan fingerprint density at radius 3 is 2.29 bits per heavy atom. The molecule has 0 aromatic heterocycles. The van der Waals surface area contributed by atoms with Gasteiger partial charge in [0.2, 0.25) is 0 Å². The van der Waals surface area contributed by atoms with Crippen LogP contribution in [0.5, 0.6) is 0 Å². The first kappa shape index (κ1) is 14.0. The van der Waals surface area contributed by atoms with Crippen LogP contribution in [-0.4, -0.2) is 21.4 Å². The fourth-order valence-corrected chi connectivity index (χ4v) is 2.68. The summed E-state index contributed by atoms with van der Waals surface area (Å²) in [6, 6.07) is 0. The van der Waals surface area contributed by atoms with E-state index in [0.717, 1.165) is 11.8 Å². The minimum Gasteiger partial charge on any atom is -0.288 e. The summed E-state index contributed by atoms with van der Waals surface area (Å²) in [6.07, 6.45) is 1.23. The molecule has 14 heavy (non-hydrogen) atoms. The van der Waals surface area contributed by atoms with Gasteiger partial charge in [-0.3, -0.25) is 4.79 Å². The van der Waals surface area contributed by atoms with Crippen molar-refractivity contribution in [2.75, 3.05) is 5.75 Å². The van der Waals surface area contributed by atoms with Crippen molar-refractivity contribution >= 4 is 25.1 Å². The van der Waals surface area contributed by atoms with Gasteiger partial charge in [-0.15, -0.1) is 9.42 Å². The van der Waals surface area contributed by atoms with E-state index in [1.807, 2.05) is 13.8 Å². The van der Waals surface area contributed by atoms with Crippen LogP contribution >= 0.6 is 20.0 Å². The lowest BCUT2D eigenvalue weighted by atomic mass is 10.0. The van der Waals surface area contributed by atoms with E-state index in [2.05, 4.69) is 0 Å². The first-order chi connectivity index (χ1) is 6.45. The van der Waals surface area contributed by atoms with Crippen LogP contribution in [0.3, 0.4) is 0 Å². The van der Waals surface area contributed by atoms with Crippen molar-refractivity contribution in [2.45, 2.75) is 39.2 Å². The Hall–Kier alpha value is 0.0400. The predicted molar refractivity (Wildman–Crippen MR) is 57.4 cm³/mol. The largest absolute Gasteiger partial charge is 0.695 e. The molecule has 1 unspecified atom stereocenters. The summed E-state index contributed by atoms with van der Waals surface area (Å²) in [7, 11) is -2.61. The SMILES string of the molecule is CCC(CC)(CSC(C)=O)O[P+](=O)O. The van der Waals surface area contributed by atoms with Crippen LogP contribution in [0, 0.1) is 0 Å². The summed E-state index contributed by atoms with van der Waals surface area (Å²) in [5.41, 5.74) is -0.654. The van der Waals surface area contributed by atoms with E-state index in [4.69, 9.17) is 9.42 Å². The molecule has 0 amide bonds. The first-order valence-corrected chi connectivity index (χ1v) is 6.56. The fraction of sp³-hybridized carbons (Fsp3) is 0.875. The molecule has 0 aliphatic rings. The summed E-state index contributed by atoms with van der Waals surface area (Å²) < 4.78 is 15.6. The Bertz CT molecular complexity index is 215. The molecule has 0 aliphatic carbocycles. The highest BCUT2D eigenvalue weighted by Crippen LogP contribution is 2.34. The van der Waals surface area contributed by atoms with Crippen molar-refractivity contribution in [3.05, 3.63) is 0 Å². The van der Waals surface area contributed by atoms with E-state index >= 15 is 0 Å². The summed E-state index contributed by atoms with van der Waals surface area (Å²) in [4.78, 5) is 19.5. The Morgan fingerprint density at radius 2 is 2.00 bits per heavy atom. The van der Waals surface area contributed by atoms with Crippen molar-refractivity contribution in [3.8, 4) is 0 Å². The van der Waals surface area contributed by atoms with Crippen LogP contribution in [0.4, 0.5) is 0 Å². The fourth-order valence-electron chi connectivity index (χ4n) is 1.01. The van der Waals surface area contributed by atoms with E-state index < -0.39 is 13.9 Å². The molecular weight excluding hydrogens is 223 g/mol. The molecule has 0 saturated heterocycles. The smallest absolute Gasteiger partial charge is 0.288 e. The van der Waals surface area contributed by atoms with E-state index in [-0.39, 0.29) is 5.12 Å². The van der Waals surface area contributed by atoms with Crippen LogP contribution in [0.15, 0.2) is 0 Å². The first-order valence-electron chi connectivity index (χ1n) is 4.44. The van der Waals surface area contributed by atoms with Crippen molar-refractivity contribution in [1.82, 2.24) is 0 Å². The summed E-state index contributed by atoms with van der Waals surface area (Å²) in [6.45, 7) is 5.23. The molecule has 0 aromatic carbocycles. The van der Waals surface area contributed by atoms with Crippen LogP contribution in [0.25, 0.3) is 0 Å². The van der Waals surface area contributed by atoms with Gasteiger partial charge in [-0.25, -0.2) is 0 Å². The lowest BCUT2D eigenvalue weighted by Crippen LogP contribution is -2.32. The van der Waals surface area contributed by atoms with E-state index in [0.29, 0.717) is 18.6 Å². The van der Waals surface area contributed by atoms with Gasteiger partial charge in [0.15, 0.2) is 5.12 Å². The molecule has 1 N–H and O–H groups in total. The number of carbonyl (C=O) groups is 1. The lowest BCUT2D eigenvalue weighted by molar-refractivity contribution is -0.109. The van der Waals surface area contributed by atoms with Gasteiger partial charge in [-0.05, 0) is 12.8 Å². The third kappa shape index (κ3) is 5.05. The number of hydrogen-bond acceptors (Lipinski definition) is 4. The highest BCUT2D eigenvalue weighted by atomic mass is 32.2. The van der Waals surface area contributed by atoms with Crippen LogP contribution in [-0.2, 0) is 13.9 Å². The number of thioether (sulfide) groups is 1. The standard InChI is InChI=1S/C8H15O4PS/c1-4-8(5-2,12-13(10)11)6-14-7(3)9/h4-6H2,1-3H3/p+1. The minimum atomic E-state index is -2.61. The molecule has 0 aliphatic heterocycles. The maximum absolute atomic E-state index is 10.8. The van der Waals surface area contributed by atoms with Crippen molar-refractivity contribution in [3.63, 3.8) is 0 Å². The Morgan fingerprint density at radius 1 is 1.50 bits per heavy atom. The number of rotatable bonds is 6. The lowest BCUT2D eigenvalue weighted by Gasteiger charge is -2.23. The molecule has 0 bridgehead atoms. The average Bonchev–Trinajstić information content (AvgIpc) is 2.11. The maximum atomic E-state index is 10.8. The third-order valence-electron chi connectivity index (χ3n) is 2.10. The van der Waals surface area contributed by atoms with Gasteiger partial charge in [0, 0.05) is 17.2 Å². The second-order valence-electron chi connectivity index (χ2n) is 3.00. The number of carbonyl (C=O) groups excluding carboxylic acids is 1. The quantitative estimate of drug-likeness (QED) is 0.721. The van der Waals surface area contributed by atoms with Crippen molar-refractivity contribution in [2.24, 2.45) is 0 Å². The zero-order valence-electron chi connectivity index (χ0n) is 8.65. The third-order valence-corrected chi connectivity index (χ3v) is 3.72. The monoisotopic (exact) mass is 239 g/mol. The topological polar surface area (TPSA) is 63.6 Å².